The van der Waals surface area contributed by atoms with E-state index in [1.54, 1.807) is 19.2 Å². The Kier molecular flexibility index (Phi) is 6.43. The van der Waals surface area contributed by atoms with Gasteiger partial charge in [0.2, 0.25) is 0 Å². The molecule has 0 bridgehead atoms. The minimum atomic E-state index is 0.506. The number of methoxy groups -OCH3 is 1. The van der Waals surface area contributed by atoms with E-state index in [0.29, 0.717) is 27.9 Å². The van der Waals surface area contributed by atoms with Crippen LogP contribution in [0.4, 0.5) is 5.82 Å². The number of anilines is 1. The molecule has 2 fully saturated rings. The van der Waals surface area contributed by atoms with E-state index in [4.69, 9.17) is 38.0 Å². The van der Waals surface area contributed by atoms with Crippen LogP contribution in [-0.4, -0.2) is 46.9 Å². The molecule has 3 heterocycles. The van der Waals surface area contributed by atoms with Gasteiger partial charge in [0.1, 0.15) is 11.6 Å². The van der Waals surface area contributed by atoms with Crippen molar-refractivity contribution in [2.45, 2.75) is 64.5 Å². The molecule has 2 aromatic heterocycles. The maximum absolute atomic E-state index is 6.66. The smallest absolute Gasteiger partial charge is 0.165 e. The topological polar surface area (TPSA) is 54.7 Å². The van der Waals surface area contributed by atoms with Crippen LogP contribution < -0.4 is 15.0 Å². The van der Waals surface area contributed by atoms with Gasteiger partial charge >= 0.3 is 0 Å². The third-order valence-electron chi connectivity index (χ3n) is 6.95. The number of aryl methyl sites for hydroxylation is 2. The van der Waals surface area contributed by atoms with Crippen LogP contribution in [0.1, 0.15) is 49.9 Å². The Balaban J connectivity index is 1.54. The molecule has 1 aliphatic carbocycles. The van der Waals surface area contributed by atoms with Crippen molar-refractivity contribution in [1.29, 1.82) is 0 Å². The fraction of sp³-hybridized carbons (Fsp3) is 0.520. The molecule has 6 nitrogen and oxygen atoms in total. The summed E-state index contributed by atoms with van der Waals surface area (Å²) in [4.78, 5) is 7.31. The van der Waals surface area contributed by atoms with Crippen molar-refractivity contribution < 1.29 is 4.74 Å². The van der Waals surface area contributed by atoms with Gasteiger partial charge in [0.25, 0.3) is 0 Å². The molecular weight excluding hydrogens is 457 g/mol. The summed E-state index contributed by atoms with van der Waals surface area (Å²) in [5, 5.41) is 9.87. The highest BCUT2D eigenvalue weighted by atomic mass is 35.5. The molecule has 0 spiro atoms. The van der Waals surface area contributed by atoms with Gasteiger partial charge < -0.3 is 15.0 Å². The van der Waals surface area contributed by atoms with Crippen molar-refractivity contribution in [3.05, 3.63) is 39.6 Å². The summed E-state index contributed by atoms with van der Waals surface area (Å²) >= 11 is 13.3. The molecule has 2 aliphatic rings. The molecule has 1 aromatic carbocycles. The van der Waals surface area contributed by atoms with Crippen LogP contribution in [0.5, 0.6) is 5.75 Å². The van der Waals surface area contributed by atoms with Crippen molar-refractivity contribution in [2.24, 2.45) is 0 Å². The summed E-state index contributed by atoms with van der Waals surface area (Å²) in [5.41, 5.74) is 4.19. The Morgan fingerprint density at radius 2 is 1.67 bits per heavy atom. The summed E-state index contributed by atoms with van der Waals surface area (Å²) < 4.78 is 7.29. The molecule has 1 saturated carbocycles. The monoisotopic (exact) mass is 487 g/mol. The fourth-order valence-corrected chi connectivity index (χ4v) is 6.05. The van der Waals surface area contributed by atoms with Gasteiger partial charge in [0.05, 0.1) is 28.4 Å². The standard InChI is InChI=1S/C25H31Cl2N5O/c1-15-11-22(31-10-6-9-18(14-31)29-17-7-4-5-8-17)32-25(28-15)23(16(2)30-32)24-20(26)12-19(33-3)13-21(24)27/h11-13,17-18,29H,4-10,14H2,1-3H3. The normalized spacial score (nSPS) is 19.5. The maximum Gasteiger partial charge on any atom is 0.165 e. The summed E-state index contributed by atoms with van der Waals surface area (Å²) in [6.45, 7) is 6.01. The second-order valence-electron chi connectivity index (χ2n) is 9.35. The number of halogens is 2. The largest absolute Gasteiger partial charge is 0.497 e. The Bertz CT molecular complexity index is 1150. The molecule has 1 aliphatic heterocycles. The number of hydrogen-bond acceptors (Lipinski definition) is 5. The minimum Gasteiger partial charge on any atom is -0.497 e. The van der Waals surface area contributed by atoms with Gasteiger partial charge in [0.15, 0.2) is 5.65 Å². The summed E-state index contributed by atoms with van der Waals surface area (Å²) in [6, 6.07) is 6.89. The summed E-state index contributed by atoms with van der Waals surface area (Å²) in [5.74, 6) is 1.70. The van der Waals surface area contributed by atoms with Crippen molar-refractivity contribution in [1.82, 2.24) is 19.9 Å². The van der Waals surface area contributed by atoms with Gasteiger partial charge in [-0.25, -0.2) is 4.98 Å². The second kappa shape index (κ2) is 9.32. The molecule has 1 atom stereocenters. The molecule has 5 rings (SSSR count). The van der Waals surface area contributed by atoms with E-state index in [-0.39, 0.29) is 0 Å². The first-order valence-electron chi connectivity index (χ1n) is 11.9. The zero-order valence-electron chi connectivity index (χ0n) is 19.5. The van der Waals surface area contributed by atoms with Crippen LogP contribution in [0.25, 0.3) is 16.8 Å². The quantitative estimate of drug-likeness (QED) is 0.490. The number of nitrogens with zero attached hydrogens (tertiary/aromatic N) is 4. The van der Waals surface area contributed by atoms with E-state index in [0.717, 1.165) is 53.5 Å². The zero-order chi connectivity index (χ0) is 23.1. The van der Waals surface area contributed by atoms with Gasteiger partial charge in [0, 0.05) is 42.5 Å². The first-order valence-corrected chi connectivity index (χ1v) is 12.6. The number of hydrogen-bond donors (Lipinski definition) is 1. The molecule has 1 saturated heterocycles. The van der Waals surface area contributed by atoms with E-state index < -0.39 is 0 Å². The SMILES string of the molecule is COc1cc(Cl)c(-c2c(C)nn3c(N4CCCC(NC5CCCC5)C4)cc(C)nc23)c(Cl)c1. The molecule has 33 heavy (non-hydrogen) atoms. The highest BCUT2D eigenvalue weighted by Crippen LogP contribution is 2.41. The van der Waals surface area contributed by atoms with E-state index >= 15 is 0 Å². The van der Waals surface area contributed by atoms with Crippen LogP contribution in [0.2, 0.25) is 10.0 Å². The fourth-order valence-electron chi connectivity index (χ4n) is 5.40. The van der Waals surface area contributed by atoms with Crippen molar-refractivity contribution >= 4 is 34.7 Å². The molecular formula is C25H31Cl2N5O. The number of rotatable bonds is 5. The van der Waals surface area contributed by atoms with Crippen molar-refractivity contribution in [3.8, 4) is 16.9 Å². The first-order chi connectivity index (χ1) is 15.9. The third kappa shape index (κ3) is 4.41. The first kappa shape index (κ1) is 22.8. The molecule has 8 heteroatoms. The molecule has 1 unspecified atom stereocenters. The van der Waals surface area contributed by atoms with Crippen molar-refractivity contribution in [2.75, 3.05) is 25.1 Å². The predicted octanol–water partition coefficient (Wildman–Crippen LogP) is 5.83. The number of fused-ring (bicyclic) bond motifs is 1. The van der Waals surface area contributed by atoms with E-state index in [1.807, 2.05) is 18.4 Å². The number of piperidine rings is 1. The molecule has 1 N–H and O–H groups in total. The number of ether oxygens (including phenoxy) is 1. The van der Waals surface area contributed by atoms with Gasteiger partial charge in [-0.05, 0) is 51.7 Å². The van der Waals surface area contributed by atoms with E-state index in [1.165, 1.54) is 32.1 Å². The molecule has 0 radical (unpaired) electrons. The molecule has 176 valence electrons. The highest BCUT2D eigenvalue weighted by molar-refractivity contribution is 6.39. The highest BCUT2D eigenvalue weighted by Gasteiger charge is 2.27. The van der Waals surface area contributed by atoms with Crippen LogP contribution in [0.15, 0.2) is 18.2 Å². The Labute approximate surface area is 205 Å². The number of nitrogens with one attached hydrogen (secondary N) is 1. The van der Waals surface area contributed by atoms with Crippen LogP contribution in [0, 0.1) is 13.8 Å². The van der Waals surface area contributed by atoms with Crippen molar-refractivity contribution in [3.63, 3.8) is 0 Å². The van der Waals surface area contributed by atoms with E-state index in [9.17, 15) is 0 Å². The maximum atomic E-state index is 6.66. The average Bonchev–Trinajstić information content (AvgIpc) is 3.41. The number of aromatic nitrogens is 3. The Morgan fingerprint density at radius 1 is 0.970 bits per heavy atom. The van der Waals surface area contributed by atoms with E-state index in [2.05, 4.69) is 16.3 Å². The zero-order valence-corrected chi connectivity index (χ0v) is 21.0. The lowest BCUT2D eigenvalue weighted by molar-refractivity contribution is 0.373. The third-order valence-corrected chi connectivity index (χ3v) is 7.54. The van der Waals surface area contributed by atoms with Gasteiger partial charge in [-0.15, -0.1) is 0 Å². The Morgan fingerprint density at radius 3 is 2.36 bits per heavy atom. The summed E-state index contributed by atoms with van der Waals surface area (Å²) in [7, 11) is 1.60. The number of benzene rings is 1. The second-order valence-corrected chi connectivity index (χ2v) is 10.2. The predicted molar refractivity (Wildman–Crippen MR) is 135 cm³/mol. The van der Waals surface area contributed by atoms with Crippen LogP contribution in [-0.2, 0) is 0 Å². The lowest BCUT2D eigenvalue weighted by Crippen LogP contribution is -2.49. The van der Waals surface area contributed by atoms with Gasteiger partial charge in [-0.2, -0.15) is 9.61 Å². The van der Waals surface area contributed by atoms with Crippen LogP contribution in [0.3, 0.4) is 0 Å². The Hall–Kier alpha value is -2.02. The van der Waals surface area contributed by atoms with Gasteiger partial charge in [-0.3, -0.25) is 0 Å². The minimum absolute atomic E-state index is 0.506. The lowest BCUT2D eigenvalue weighted by atomic mass is 10.0. The molecule has 3 aromatic rings. The molecule has 0 amide bonds. The average molecular weight is 488 g/mol. The van der Waals surface area contributed by atoms with Gasteiger partial charge in [-0.1, -0.05) is 36.0 Å². The lowest BCUT2D eigenvalue weighted by Gasteiger charge is -2.36. The van der Waals surface area contributed by atoms with Crippen LogP contribution >= 0.6 is 23.2 Å². The summed E-state index contributed by atoms with van der Waals surface area (Å²) in [6.07, 6.45) is 7.70.